The Morgan fingerprint density at radius 1 is 1.19 bits per heavy atom. The molecule has 4 rings (SSSR count). The van der Waals surface area contributed by atoms with Crippen LogP contribution in [0.25, 0.3) is 0 Å². The average Bonchev–Trinajstić information content (AvgIpc) is 3.37. The molecule has 2 saturated heterocycles. The Hall–Kier alpha value is -2.80. The Balaban J connectivity index is 1.31. The summed E-state index contributed by atoms with van der Waals surface area (Å²) in [6.45, 7) is 6.58. The van der Waals surface area contributed by atoms with E-state index in [2.05, 4.69) is 31.0 Å². The van der Waals surface area contributed by atoms with Crippen molar-refractivity contribution < 1.29 is 14.3 Å². The number of anilines is 1. The quantitative estimate of drug-likeness (QED) is 0.682. The number of hydrogen-bond donors (Lipinski definition) is 0. The van der Waals surface area contributed by atoms with Gasteiger partial charge in [-0.3, -0.25) is 14.7 Å². The fraction of sp³-hybridized carbons (Fsp3) is 0.435. The van der Waals surface area contributed by atoms with E-state index in [0.717, 1.165) is 12.1 Å². The van der Waals surface area contributed by atoms with Gasteiger partial charge in [0.1, 0.15) is 23.4 Å². The molecule has 2 aliphatic heterocycles. The van der Waals surface area contributed by atoms with Crippen LogP contribution in [0.2, 0.25) is 5.02 Å². The Bertz CT molecular complexity index is 950. The van der Waals surface area contributed by atoms with Gasteiger partial charge in [0.15, 0.2) is 0 Å². The molecule has 0 radical (unpaired) electrons. The van der Waals surface area contributed by atoms with Gasteiger partial charge in [0.25, 0.3) is 0 Å². The number of rotatable bonds is 6. The van der Waals surface area contributed by atoms with Crippen molar-refractivity contribution in [2.24, 2.45) is 0 Å². The molecular formula is C23H27ClN4O3. The van der Waals surface area contributed by atoms with E-state index in [1.54, 1.807) is 27.0 Å². The van der Waals surface area contributed by atoms with Crippen LogP contribution in [0.4, 0.5) is 10.5 Å². The summed E-state index contributed by atoms with van der Waals surface area (Å²) in [7, 11) is 0. The van der Waals surface area contributed by atoms with E-state index in [4.69, 9.17) is 16.3 Å². The molecule has 1 aromatic heterocycles. The molecular weight excluding hydrogens is 416 g/mol. The first kappa shape index (κ1) is 21.4. The Kier molecular flexibility index (Phi) is 6.32. The molecule has 2 aliphatic rings. The summed E-state index contributed by atoms with van der Waals surface area (Å²) < 4.78 is 5.92. The van der Waals surface area contributed by atoms with E-state index in [1.807, 2.05) is 12.1 Å². The monoisotopic (exact) mass is 442 g/mol. The maximum atomic E-state index is 12.9. The smallest absolute Gasteiger partial charge is 0.325 e. The second-order valence-electron chi connectivity index (χ2n) is 8.28. The standard InChI is InChI=1S/C23H27ClN4O3/c1-16(2)17-3-5-18(6-4-17)28-12-11-27(23(28)30)15-22(29)26-10-8-19(14-26)31-21-7-9-25-13-20(21)24/h3-7,9,13,16,19H,8,10-12,14-15H2,1-2H3/t19-/m1/s1. The summed E-state index contributed by atoms with van der Waals surface area (Å²) in [6, 6.07) is 9.66. The zero-order valence-electron chi connectivity index (χ0n) is 17.8. The zero-order chi connectivity index (χ0) is 22.0. The number of carbonyl (C=O) groups excluding carboxylic acids is 2. The lowest BCUT2D eigenvalue weighted by Crippen LogP contribution is -2.42. The van der Waals surface area contributed by atoms with Crippen LogP contribution in [-0.4, -0.2) is 65.5 Å². The van der Waals surface area contributed by atoms with Gasteiger partial charge in [0, 0.05) is 50.2 Å². The van der Waals surface area contributed by atoms with Crippen LogP contribution in [0.5, 0.6) is 5.75 Å². The lowest BCUT2D eigenvalue weighted by atomic mass is 10.0. The maximum absolute atomic E-state index is 12.9. The van der Waals surface area contributed by atoms with Gasteiger partial charge in [-0.1, -0.05) is 37.6 Å². The summed E-state index contributed by atoms with van der Waals surface area (Å²) in [5.41, 5.74) is 2.11. The number of benzene rings is 1. The first-order valence-electron chi connectivity index (χ1n) is 10.6. The van der Waals surface area contributed by atoms with Crippen molar-refractivity contribution in [3.63, 3.8) is 0 Å². The van der Waals surface area contributed by atoms with E-state index in [1.165, 1.54) is 11.8 Å². The first-order chi connectivity index (χ1) is 14.9. The highest BCUT2D eigenvalue weighted by Crippen LogP contribution is 2.26. The second-order valence-corrected chi connectivity index (χ2v) is 8.68. The van der Waals surface area contributed by atoms with Crippen LogP contribution in [-0.2, 0) is 4.79 Å². The molecule has 0 spiro atoms. The molecule has 0 unspecified atom stereocenters. The van der Waals surface area contributed by atoms with Gasteiger partial charge in [0.05, 0.1) is 6.54 Å². The SMILES string of the molecule is CC(C)c1ccc(N2CCN(CC(=O)N3CC[C@@H](Oc4ccncc4Cl)C3)C2=O)cc1. The lowest BCUT2D eigenvalue weighted by molar-refractivity contribution is -0.130. The molecule has 3 amide bonds. The van der Waals surface area contributed by atoms with Crippen LogP contribution in [0.1, 0.15) is 31.7 Å². The van der Waals surface area contributed by atoms with Crippen molar-refractivity contribution in [2.75, 3.05) is 37.6 Å². The average molecular weight is 443 g/mol. The zero-order valence-corrected chi connectivity index (χ0v) is 18.6. The van der Waals surface area contributed by atoms with Crippen molar-refractivity contribution in [3.05, 3.63) is 53.3 Å². The molecule has 7 nitrogen and oxygen atoms in total. The fourth-order valence-electron chi connectivity index (χ4n) is 3.96. The highest BCUT2D eigenvalue weighted by molar-refractivity contribution is 6.31. The van der Waals surface area contributed by atoms with Crippen molar-refractivity contribution in [1.82, 2.24) is 14.8 Å². The number of amides is 3. The molecule has 3 heterocycles. The van der Waals surface area contributed by atoms with Crippen LogP contribution in [0.3, 0.4) is 0 Å². The fourth-order valence-corrected chi connectivity index (χ4v) is 4.12. The number of hydrogen-bond acceptors (Lipinski definition) is 4. The number of ether oxygens (including phenoxy) is 1. The summed E-state index contributed by atoms with van der Waals surface area (Å²) in [4.78, 5) is 34.7. The van der Waals surface area contributed by atoms with Crippen LogP contribution in [0, 0.1) is 0 Å². The number of aromatic nitrogens is 1. The molecule has 0 N–H and O–H groups in total. The van der Waals surface area contributed by atoms with E-state index in [-0.39, 0.29) is 24.6 Å². The third-order valence-electron chi connectivity index (χ3n) is 5.82. The molecule has 164 valence electrons. The third kappa shape index (κ3) is 4.77. The molecule has 31 heavy (non-hydrogen) atoms. The molecule has 8 heteroatoms. The number of likely N-dealkylation sites (tertiary alicyclic amines) is 1. The number of pyridine rings is 1. The highest BCUT2D eigenvalue weighted by Gasteiger charge is 2.34. The van der Waals surface area contributed by atoms with E-state index in [0.29, 0.717) is 42.9 Å². The molecule has 0 aliphatic carbocycles. The van der Waals surface area contributed by atoms with E-state index >= 15 is 0 Å². The normalized spacial score (nSPS) is 18.9. The van der Waals surface area contributed by atoms with Gasteiger partial charge >= 0.3 is 6.03 Å². The molecule has 0 bridgehead atoms. The van der Waals surface area contributed by atoms with Gasteiger partial charge in [-0.25, -0.2) is 4.79 Å². The summed E-state index contributed by atoms with van der Waals surface area (Å²) in [5.74, 6) is 0.961. The Morgan fingerprint density at radius 2 is 1.97 bits per heavy atom. The molecule has 2 aromatic rings. The van der Waals surface area contributed by atoms with Crippen molar-refractivity contribution >= 4 is 29.2 Å². The lowest BCUT2D eigenvalue weighted by Gasteiger charge is -2.22. The molecule has 2 fully saturated rings. The van der Waals surface area contributed by atoms with Crippen LogP contribution in [0.15, 0.2) is 42.7 Å². The van der Waals surface area contributed by atoms with Gasteiger partial charge in [-0.05, 0) is 23.6 Å². The van der Waals surface area contributed by atoms with Crippen LogP contribution >= 0.6 is 11.6 Å². The largest absolute Gasteiger partial charge is 0.487 e. The number of nitrogens with zero attached hydrogens (tertiary/aromatic N) is 4. The summed E-state index contributed by atoms with van der Waals surface area (Å²) >= 11 is 6.10. The highest BCUT2D eigenvalue weighted by atomic mass is 35.5. The van der Waals surface area contributed by atoms with Gasteiger partial charge < -0.3 is 14.5 Å². The first-order valence-corrected chi connectivity index (χ1v) is 11.0. The molecule has 1 aromatic carbocycles. The van der Waals surface area contributed by atoms with Crippen LogP contribution < -0.4 is 9.64 Å². The molecule has 0 saturated carbocycles. The topological polar surface area (TPSA) is 66.0 Å². The Labute approximate surface area is 187 Å². The molecule has 1 atom stereocenters. The van der Waals surface area contributed by atoms with Crippen molar-refractivity contribution in [3.8, 4) is 5.75 Å². The maximum Gasteiger partial charge on any atom is 0.325 e. The minimum atomic E-state index is -0.124. The van der Waals surface area contributed by atoms with Gasteiger partial charge in [-0.15, -0.1) is 0 Å². The second kappa shape index (κ2) is 9.14. The summed E-state index contributed by atoms with van der Waals surface area (Å²) in [6.07, 6.45) is 3.78. The van der Waals surface area contributed by atoms with Crippen molar-refractivity contribution in [1.29, 1.82) is 0 Å². The van der Waals surface area contributed by atoms with Gasteiger partial charge in [-0.2, -0.15) is 0 Å². The predicted molar refractivity (Wildman–Crippen MR) is 120 cm³/mol. The third-order valence-corrected chi connectivity index (χ3v) is 6.10. The Morgan fingerprint density at radius 3 is 2.68 bits per heavy atom. The van der Waals surface area contributed by atoms with Gasteiger partial charge in [0.2, 0.25) is 5.91 Å². The number of halogens is 1. The number of urea groups is 1. The number of carbonyl (C=O) groups is 2. The predicted octanol–water partition coefficient (Wildman–Crippen LogP) is 3.78. The summed E-state index contributed by atoms with van der Waals surface area (Å²) in [5, 5.41) is 0.455. The minimum Gasteiger partial charge on any atom is -0.487 e. The minimum absolute atomic E-state index is 0.0581. The van der Waals surface area contributed by atoms with Crippen molar-refractivity contribution in [2.45, 2.75) is 32.3 Å². The van der Waals surface area contributed by atoms with E-state index < -0.39 is 0 Å². The van der Waals surface area contributed by atoms with E-state index in [9.17, 15) is 9.59 Å².